The summed E-state index contributed by atoms with van der Waals surface area (Å²) >= 11 is 0. The molecule has 0 bridgehead atoms. The fourth-order valence-corrected chi connectivity index (χ4v) is 2.20. The molecule has 0 aliphatic carbocycles. The van der Waals surface area contributed by atoms with Gasteiger partial charge < -0.3 is 15.0 Å². The topological polar surface area (TPSA) is 41.6 Å². The van der Waals surface area contributed by atoms with Crippen molar-refractivity contribution in [1.82, 2.24) is 5.32 Å². The van der Waals surface area contributed by atoms with Crippen LogP contribution in [0.5, 0.6) is 0 Å². The van der Waals surface area contributed by atoms with Gasteiger partial charge in [0.05, 0.1) is 6.61 Å². The normalized spacial score (nSPS) is 10.3. The van der Waals surface area contributed by atoms with Crippen LogP contribution >= 0.6 is 0 Å². The van der Waals surface area contributed by atoms with E-state index in [0.717, 1.165) is 12.2 Å². The molecule has 2 rings (SSSR count). The van der Waals surface area contributed by atoms with Gasteiger partial charge in [0, 0.05) is 38.5 Å². The molecule has 1 N–H and O–H groups in total. The van der Waals surface area contributed by atoms with E-state index in [1.165, 1.54) is 5.56 Å². The molecule has 4 nitrogen and oxygen atoms in total. The number of hydrogen-bond acceptors (Lipinski definition) is 3. The molecule has 0 atom stereocenters. The number of amides is 1. The third-order valence-electron chi connectivity index (χ3n) is 3.40. The van der Waals surface area contributed by atoms with E-state index < -0.39 is 0 Å². The maximum absolute atomic E-state index is 12.1. The predicted molar refractivity (Wildman–Crippen MR) is 89.2 cm³/mol. The lowest BCUT2D eigenvalue weighted by Crippen LogP contribution is -2.27. The lowest BCUT2D eigenvalue weighted by atomic mass is 10.1. The van der Waals surface area contributed by atoms with Crippen molar-refractivity contribution in [3.8, 4) is 0 Å². The molecule has 1 amide bonds. The van der Waals surface area contributed by atoms with E-state index >= 15 is 0 Å². The van der Waals surface area contributed by atoms with Gasteiger partial charge >= 0.3 is 0 Å². The number of nitrogens with one attached hydrogen (secondary N) is 1. The summed E-state index contributed by atoms with van der Waals surface area (Å²) in [4.78, 5) is 14.2. The minimum atomic E-state index is -0.0768. The molecule has 0 unspecified atom stereocenters. The lowest BCUT2D eigenvalue weighted by molar-refractivity contribution is 0.0937. The molecule has 0 spiro atoms. The summed E-state index contributed by atoms with van der Waals surface area (Å²) in [6.45, 7) is 1.83. The zero-order valence-electron chi connectivity index (χ0n) is 13.1. The van der Waals surface area contributed by atoms with Crippen LogP contribution in [0.4, 0.5) is 5.69 Å². The second kappa shape index (κ2) is 8.20. The van der Waals surface area contributed by atoms with Crippen LogP contribution in [0, 0.1) is 0 Å². The van der Waals surface area contributed by atoms with Gasteiger partial charge in [-0.3, -0.25) is 4.79 Å². The number of ether oxygens (including phenoxy) is 1. The summed E-state index contributed by atoms with van der Waals surface area (Å²) in [5.74, 6) is -0.0768. The van der Waals surface area contributed by atoms with Crippen molar-refractivity contribution < 1.29 is 9.53 Å². The second-order valence-corrected chi connectivity index (χ2v) is 5.14. The van der Waals surface area contributed by atoms with Crippen LogP contribution in [0.1, 0.15) is 15.9 Å². The molecule has 0 aliphatic rings. The zero-order valence-corrected chi connectivity index (χ0v) is 13.1. The highest BCUT2D eigenvalue weighted by Crippen LogP contribution is 2.17. The molecular formula is C18H22N2O2. The summed E-state index contributed by atoms with van der Waals surface area (Å²) in [6.07, 6.45) is 0. The van der Waals surface area contributed by atoms with Crippen LogP contribution in [-0.4, -0.2) is 33.2 Å². The fourth-order valence-electron chi connectivity index (χ4n) is 2.20. The monoisotopic (exact) mass is 298 g/mol. The number of anilines is 1. The van der Waals surface area contributed by atoms with Gasteiger partial charge in [0.1, 0.15) is 0 Å². The minimum absolute atomic E-state index is 0.0768. The molecule has 0 fully saturated rings. The van der Waals surface area contributed by atoms with Gasteiger partial charge in [-0.2, -0.15) is 0 Å². The summed E-state index contributed by atoms with van der Waals surface area (Å²) in [5.41, 5.74) is 2.91. The molecule has 0 aromatic heterocycles. The lowest BCUT2D eigenvalue weighted by Gasteiger charge is -2.20. The quantitative estimate of drug-likeness (QED) is 0.799. The number of nitrogens with zero attached hydrogens (tertiary/aromatic N) is 1. The Labute approximate surface area is 131 Å². The van der Waals surface area contributed by atoms with E-state index in [1.807, 2.05) is 49.5 Å². The second-order valence-electron chi connectivity index (χ2n) is 5.14. The molecule has 0 saturated carbocycles. The zero-order chi connectivity index (χ0) is 15.8. The highest BCUT2D eigenvalue weighted by molar-refractivity contribution is 5.95. The van der Waals surface area contributed by atoms with Gasteiger partial charge in [-0.25, -0.2) is 0 Å². The van der Waals surface area contributed by atoms with Gasteiger partial charge in [-0.1, -0.05) is 36.4 Å². The minimum Gasteiger partial charge on any atom is -0.383 e. The Morgan fingerprint density at radius 2 is 1.91 bits per heavy atom. The van der Waals surface area contributed by atoms with Gasteiger partial charge in [-0.15, -0.1) is 0 Å². The van der Waals surface area contributed by atoms with Gasteiger partial charge in [0.25, 0.3) is 5.91 Å². The summed E-state index contributed by atoms with van der Waals surface area (Å²) < 4.78 is 4.93. The molecule has 0 heterocycles. The van der Waals surface area contributed by atoms with Crippen molar-refractivity contribution in [3.05, 3.63) is 65.7 Å². The van der Waals surface area contributed by atoms with Crippen molar-refractivity contribution in [2.24, 2.45) is 0 Å². The van der Waals surface area contributed by atoms with Gasteiger partial charge in [0.15, 0.2) is 0 Å². The first kappa shape index (κ1) is 16.0. The Balaban J connectivity index is 2.02. The highest BCUT2D eigenvalue weighted by Gasteiger charge is 2.08. The third-order valence-corrected chi connectivity index (χ3v) is 3.40. The van der Waals surface area contributed by atoms with Gasteiger partial charge in [0.2, 0.25) is 0 Å². The predicted octanol–water partition coefficient (Wildman–Crippen LogP) is 2.70. The number of benzene rings is 2. The summed E-state index contributed by atoms with van der Waals surface area (Å²) in [6, 6.07) is 17.9. The fraction of sp³-hybridized carbons (Fsp3) is 0.278. The maximum atomic E-state index is 12.1. The number of carbonyl (C=O) groups is 1. The van der Waals surface area contributed by atoms with Crippen LogP contribution in [0.15, 0.2) is 54.6 Å². The van der Waals surface area contributed by atoms with Crippen LogP contribution in [-0.2, 0) is 11.3 Å². The summed E-state index contributed by atoms with van der Waals surface area (Å²) in [5, 5.41) is 2.83. The molecule has 0 radical (unpaired) electrons. The largest absolute Gasteiger partial charge is 0.383 e. The third kappa shape index (κ3) is 4.60. The van der Waals surface area contributed by atoms with E-state index in [4.69, 9.17) is 4.74 Å². The Hall–Kier alpha value is -2.33. The molecule has 2 aromatic carbocycles. The van der Waals surface area contributed by atoms with E-state index in [0.29, 0.717) is 18.7 Å². The van der Waals surface area contributed by atoms with Gasteiger partial charge in [-0.05, 0) is 23.8 Å². The SMILES string of the molecule is COCCNC(=O)c1cccc(N(C)Cc2ccccc2)c1. The molecule has 22 heavy (non-hydrogen) atoms. The van der Waals surface area contributed by atoms with E-state index in [-0.39, 0.29) is 5.91 Å². The molecule has 116 valence electrons. The van der Waals surface area contributed by atoms with Crippen LogP contribution in [0.25, 0.3) is 0 Å². The van der Waals surface area contributed by atoms with E-state index in [1.54, 1.807) is 7.11 Å². The molecule has 2 aromatic rings. The maximum Gasteiger partial charge on any atom is 0.251 e. The Morgan fingerprint density at radius 1 is 1.14 bits per heavy atom. The Morgan fingerprint density at radius 3 is 2.64 bits per heavy atom. The number of hydrogen-bond donors (Lipinski definition) is 1. The van der Waals surface area contributed by atoms with Crippen molar-refractivity contribution in [2.45, 2.75) is 6.54 Å². The first-order valence-electron chi connectivity index (χ1n) is 7.33. The summed E-state index contributed by atoms with van der Waals surface area (Å²) in [7, 11) is 3.64. The van der Waals surface area contributed by atoms with E-state index in [9.17, 15) is 4.79 Å². The molecule has 0 saturated heterocycles. The highest BCUT2D eigenvalue weighted by atomic mass is 16.5. The smallest absolute Gasteiger partial charge is 0.251 e. The first-order chi connectivity index (χ1) is 10.7. The van der Waals surface area contributed by atoms with E-state index in [2.05, 4.69) is 22.3 Å². The van der Waals surface area contributed by atoms with Crippen molar-refractivity contribution in [3.63, 3.8) is 0 Å². The first-order valence-corrected chi connectivity index (χ1v) is 7.33. The standard InChI is InChI=1S/C18H22N2O2/c1-20(14-15-7-4-3-5-8-15)17-10-6-9-16(13-17)18(21)19-11-12-22-2/h3-10,13H,11-12,14H2,1-2H3,(H,19,21). The Kier molecular flexibility index (Phi) is 5.98. The average Bonchev–Trinajstić information content (AvgIpc) is 2.56. The molecule has 0 aliphatic heterocycles. The van der Waals surface area contributed by atoms with Crippen LogP contribution in [0.2, 0.25) is 0 Å². The average molecular weight is 298 g/mol. The number of methoxy groups -OCH3 is 1. The van der Waals surface area contributed by atoms with Crippen LogP contribution < -0.4 is 10.2 Å². The number of rotatable bonds is 7. The molecular weight excluding hydrogens is 276 g/mol. The molecule has 4 heteroatoms. The van der Waals surface area contributed by atoms with Crippen LogP contribution in [0.3, 0.4) is 0 Å². The van der Waals surface area contributed by atoms with Crippen molar-refractivity contribution in [1.29, 1.82) is 0 Å². The number of carbonyl (C=O) groups excluding carboxylic acids is 1. The Bertz CT molecular complexity index is 599. The van der Waals surface area contributed by atoms with Crippen molar-refractivity contribution in [2.75, 3.05) is 32.2 Å². The van der Waals surface area contributed by atoms with Crippen molar-refractivity contribution >= 4 is 11.6 Å².